The highest BCUT2D eigenvalue weighted by Crippen LogP contribution is 2.22. The van der Waals surface area contributed by atoms with Crippen molar-refractivity contribution in [3.8, 4) is 6.07 Å². The number of amides is 1. The lowest BCUT2D eigenvalue weighted by Crippen LogP contribution is -2.35. The number of ether oxygens (including phenoxy) is 1. The molecule has 1 amide bonds. The van der Waals surface area contributed by atoms with E-state index < -0.39 is 5.97 Å². The SMILES string of the molecule is COC(=O)C(C#N)=C1NC(=O)c2ccccc2N1. The second kappa shape index (κ2) is 4.59. The summed E-state index contributed by atoms with van der Waals surface area (Å²) in [5, 5.41) is 14.2. The molecular weight excluding hydrogens is 234 g/mol. The van der Waals surface area contributed by atoms with Gasteiger partial charge in [0, 0.05) is 0 Å². The number of anilines is 1. The van der Waals surface area contributed by atoms with Crippen LogP contribution in [-0.4, -0.2) is 19.0 Å². The summed E-state index contributed by atoms with van der Waals surface area (Å²) >= 11 is 0. The summed E-state index contributed by atoms with van der Waals surface area (Å²) in [4.78, 5) is 23.1. The Bertz CT molecular complexity index is 599. The highest BCUT2D eigenvalue weighted by atomic mass is 16.5. The Labute approximate surface area is 103 Å². The van der Waals surface area contributed by atoms with Crippen LogP contribution in [0.3, 0.4) is 0 Å². The minimum absolute atomic E-state index is 0.0352. The molecule has 0 saturated carbocycles. The van der Waals surface area contributed by atoms with Crippen molar-refractivity contribution in [3.05, 3.63) is 41.2 Å². The van der Waals surface area contributed by atoms with Crippen LogP contribution in [-0.2, 0) is 9.53 Å². The number of carbonyl (C=O) groups excluding carboxylic acids is 2. The van der Waals surface area contributed by atoms with Crippen LogP contribution in [0.1, 0.15) is 10.4 Å². The molecule has 0 bridgehead atoms. The van der Waals surface area contributed by atoms with Crippen molar-refractivity contribution < 1.29 is 14.3 Å². The average molecular weight is 243 g/mol. The van der Waals surface area contributed by atoms with E-state index in [0.717, 1.165) is 0 Å². The van der Waals surface area contributed by atoms with Crippen molar-refractivity contribution >= 4 is 17.6 Å². The molecule has 2 rings (SSSR count). The maximum absolute atomic E-state index is 11.8. The monoisotopic (exact) mass is 243 g/mol. The van der Waals surface area contributed by atoms with Gasteiger partial charge in [-0.2, -0.15) is 5.26 Å². The molecule has 0 aliphatic carbocycles. The number of benzene rings is 1. The maximum Gasteiger partial charge on any atom is 0.352 e. The van der Waals surface area contributed by atoms with E-state index in [9.17, 15) is 9.59 Å². The quantitative estimate of drug-likeness (QED) is 0.431. The van der Waals surface area contributed by atoms with Gasteiger partial charge in [0.1, 0.15) is 11.9 Å². The lowest BCUT2D eigenvalue weighted by Gasteiger charge is -2.21. The van der Waals surface area contributed by atoms with Crippen molar-refractivity contribution in [2.24, 2.45) is 0 Å². The zero-order valence-corrected chi connectivity index (χ0v) is 9.48. The van der Waals surface area contributed by atoms with Crippen LogP contribution in [0, 0.1) is 11.3 Å². The van der Waals surface area contributed by atoms with Gasteiger partial charge in [0.2, 0.25) is 0 Å². The molecule has 18 heavy (non-hydrogen) atoms. The summed E-state index contributed by atoms with van der Waals surface area (Å²) in [6.45, 7) is 0. The van der Waals surface area contributed by atoms with E-state index in [4.69, 9.17) is 5.26 Å². The lowest BCUT2D eigenvalue weighted by molar-refractivity contribution is -0.135. The molecule has 6 nitrogen and oxygen atoms in total. The standard InChI is InChI=1S/C12H9N3O3/c1-18-12(17)8(6-13)10-14-9-5-3-2-4-7(9)11(16)15-10/h2-5,14H,1H3,(H,15,16). The zero-order chi connectivity index (χ0) is 13.1. The highest BCUT2D eigenvalue weighted by molar-refractivity contribution is 6.05. The Morgan fingerprint density at radius 2 is 2.06 bits per heavy atom. The summed E-state index contributed by atoms with van der Waals surface area (Å²) in [6, 6.07) is 8.48. The second-order valence-corrected chi connectivity index (χ2v) is 3.48. The molecular formula is C12H9N3O3. The number of fused-ring (bicyclic) bond motifs is 1. The third-order valence-corrected chi connectivity index (χ3v) is 2.42. The van der Waals surface area contributed by atoms with E-state index in [0.29, 0.717) is 11.3 Å². The molecule has 0 saturated heterocycles. The molecule has 2 N–H and O–H groups in total. The normalized spacial score (nSPS) is 15.7. The summed E-state index contributed by atoms with van der Waals surface area (Å²) < 4.78 is 4.47. The van der Waals surface area contributed by atoms with Crippen LogP contribution < -0.4 is 10.6 Å². The van der Waals surface area contributed by atoms with E-state index in [1.807, 2.05) is 0 Å². The molecule has 1 aromatic carbocycles. The summed E-state index contributed by atoms with van der Waals surface area (Å²) in [5.74, 6) is -1.15. The molecule has 1 aliphatic heterocycles. The average Bonchev–Trinajstić information content (AvgIpc) is 2.39. The van der Waals surface area contributed by atoms with Crippen molar-refractivity contribution in [2.45, 2.75) is 0 Å². The minimum Gasteiger partial charge on any atom is -0.465 e. The fraction of sp³-hybridized carbons (Fsp3) is 0.0833. The first-order valence-corrected chi connectivity index (χ1v) is 5.07. The van der Waals surface area contributed by atoms with Gasteiger partial charge in [0.15, 0.2) is 5.57 Å². The molecule has 90 valence electrons. The molecule has 1 heterocycles. The van der Waals surface area contributed by atoms with Gasteiger partial charge in [-0.25, -0.2) is 4.79 Å². The number of nitriles is 1. The Hall–Kier alpha value is -2.81. The lowest BCUT2D eigenvalue weighted by atomic mass is 10.1. The molecule has 0 atom stereocenters. The van der Waals surface area contributed by atoms with Gasteiger partial charge in [-0.3, -0.25) is 4.79 Å². The number of esters is 1. The fourth-order valence-corrected chi connectivity index (χ4v) is 1.57. The first kappa shape index (κ1) is 11.7. The van der Waals surface area contributed by atoms with Gasteiger partial charge in [0.05, 0.1) is 18.4 Å². The van der Waals surface area contributed by atoms with Crippen LogP contribution in [0.2, 0.25) is 0 Å². The van der Waals surface area contributed by atoms with Gasteiger partial charge in [-0.1, -0.05) is 12.1 Å². The van der Waals surface area contributed by atoms with Gasteiger partial charge in [-0.05, 0) is 12.1 Å². The maximum atomic E-state index is 11.8. The molecule has 1 aromatic rings. The van der Waals surface area contributed by atoms with Crippen LogP contribution >= 0.6 is 0 Å². The molecule has 1 aliphatic rings. The van der Waals surface area contributed by atoms with E-state index in [1.54, 1.807) is 30.3 Å². The van der Waals surface area contributed by atoms with Crippen molar-refractivity contribution in [1.29, 1.82) is 5.26 Å². The number of nitrogens with zero attached hydrogens (tertiary/aromatic N) is 1. The number of hydrogen-bond donors (Lipinski definition) is 2. The summed E-state index contributed by atoms with van der Waals surface area (Å²) in [7, 11) is 1.17. The van der Waals surface area contributed by atoms with Gasteiger partial charge < -0.3 is 15.4 Å². The molecule has 0 unspecified atom stereocenters. The molecule has 0 aromatic heterocycles. The van der Waals surface area contributed by atoms with E-state index in [2.05, 4.69) is 15.4 Å². The predicted molar refractivity (Wildman–Crippen MR) is 62.2 cm³/mol. The van der Waals surface area contributed by atoms with Crippen molar-refractivity contribution in [3.63, 3.8) is 0 Å². The highest BCUT2D eigenvalue weighted by Gasteiger charge is 2.24. The van der Waals surface area contributed by atoms with Crippen LogP contribution in [0.5, 0.6) is 0 Å². The van der Waals surface area contributed by atoms with Crippen LogP contribution in [0.25, 0.3) is 0 Å². The number of nitrogens with one attached hydrogen (secondary N) is 2. The topological polar surface area (TPSA) is 91.2 Å². The van der Waals surface area contributed by atoms with Crippen LogP contribution in [0.15, 0.2) is 35.7 Å². The zero-order valence-electron chi connectivity index (χ0n) is 9.48. The Morgan fingerprint density at radius 1 is 1.33 bits per heavy atom. The molecule has 0 spiro atoms. The summed E-state index contributed by atoms with van der Waals surface area (Å²) in [6.07, 6.45) is 0. The first-order valence-electron chi connectivity index (χ1n) is 5.07. The Morgan fingerprint density at radius 3 is 2.72 bits per heavy atom. The largest absolute Gasteiger partial charge is 0.465 e. The fourth-order valence-electron chi connectivity index (χ4n) is 1.57. The van der Waals surface area contributed by atoms with E-state index in [-0.39, 0.29) is 17.3 Å². The predicted octanol–water partition coefficient (Wildman–Crippen LogP) is 0.750. The second-order valence-electron chi connectivity index (χ2n) is 3.48. The first-order chi connectivity index (χ1) is 8.67. The molecule has 6 heteroatoms. The van der Waals surface area contributed by atoms with Gasteiger partial charge in [-0.15, -0.1) is 0 Å². The molecule has 0 fully saturated rings. The molecule has 0 radical (unpaired) electrons. The smallest absolute Gasteiger partial charge is 0.352 e. The third kappa shape index (κ3) is 1.89. The Balaban J connectivity index is 2.48. The Kier molecular flexibility index (Phi) is 2.98. The van der Waals surface area contributed by atoms with Crippen molar-refractivity contribution in [1.82, 2.24) is 5.32 Å². The number of para-hydroxylation sites is 1. The summed E-state index contributed by atoms with van der Waals surface area (Å²) in [5.41, 5.74) is 0.705. The van der Waals surface area contributed by atoms with Crippen LogP contribution in [0.4, 0.5) is 5.69 Å². The van der Waals surface area contributed by atoms with Crippen molar-refractivity contribution in [2.75, 3.05) is 12.4 Å². The number of hydrogen-bond acceptors (Lipinski definition) is 5. The number of methoxy groups -OCH3 is 1. The number of carbonyl (C=O) groups is 2. The number of rotatable bonds is 1. The third-order valence-electron chi connectivity index (χ3n) is 2.42. The van der Waals surface area contributed by atoms with E-state index in [1.165, 1.54) is 7.11 Å². The van der Waals surface area contributed by atoms with E-state index >= 15 is 0 Å². The minimum atomic E-state index is -0.806. The van der Waals surface area contributed by atoms with Gasteiger partial charge >= 0.3 is 5.97 Å². The van der Waals surface area contributed by atoms with Gasteiger partial charge in [0.25, 0.3) is 5.91 Å².